The number of para-hydroxylation sites is 1. The number of hydrogen-bond acceptors (Lipinski definition) is 4. The zero-order valence-corrected chi connectivity index (χ0v) is 15.4. The summed E-state index contributed by atoms with van der Waals surface area (Å²) in [6, 6.07) is 16.8. The van der Waals surface area contributed by atoms with Gasteiger partial charge in [0, 0.05) is 29.7 Å². The lowest BCUT2D eigenvalue weighted by atomic mass is 10.1. The van der Waals surface area contributed by atoms with Gasteiger partial charge in [0.1, 0.15) is 17.0 Å². The lowest BCUT2D eigenvalue weighted by Crippen LogP contribution is -2.41. The highest BCUT2D eigenvalue weighted by Gasteiger charge is 2.22. The highest BCUT2D eigenvalue weighted by Crippen LogP contribution is 2.25. The molecule has 0 aliphatic rings. The summed E-state index contributed by atoms with van der Waals surface area (Å²) >= 11 is 0. The summed E-state index contributed by atoms with van der Waals surface area (Å²) in [5.41, 5.74) is 7.81. The SMILES string of the molecule is Cc1onc(-c2ccccc2)c1C(=O)NNC(=O)c1cn(C)c2ccccc12. The zero-order chi connectivity index (χ0) is 19.7. The molecule has 7 nitrogen and oxygen atoms in total. The van der Waals surface area contributed by atoms with Gasteiger partial charge in [-0.3, -0.25) is 20.4 Å². The van der Waals surface area contributed by atoms with Gasteiger partial charge in [0.15, 0.2) is 0 Å². The highest BCUT2D eigenvalue weighted by atomic mass is 16.5. The van der Waals surface area contributed by atoms with E-state index in [1.54, 1.807) is 13.1 Å². The van der Waals surface area contributed by atoms with Gasteiger partial charge >= 0.3 is 0 Å². The maximum atomic E-state index is 12.7. The smallest absolute Gasteiger partial charge is 0.275 e. The first-order valence-electron chi connectivity index (χ1n) is 8.72. The molecule has 28 heavy (non-hydrogen) atoms. The van der Waals surface area contributed by atoms with E-state index in [1.807, 2.05) is 66.2 Å². The average Bonchev–Trinajstić information content (AvgIpc) is 3.27. The molecular weight excluding hydrogens is 356 g/mol. The third-order valence-corrected chi connectivity index (χ3v) is 4.57. The molecule has 0 aliphatic carbocycles. The van der Waals surface area contributed by atoms with Crippen molar-refractivity contribution in [2.45, 2.75) is 6.92 Å². The first kappa shape index (κ1) is 17.5. The summed E-state index contributed by atoms with van der Waals surface area (Å²) < 4.78 is 7.06. The summed E-state index contributed by atoms with van der Waals surface area (Å²) in [7, 11) is 1.87. The Morgan fingerprint density at radius 3 is 2.43 bits per heavy atom. The third-order valence-electron chi connectivity index (χ3n) is 4.57. The summed E-state index contributed by atoms with van der Waals surface area (Å²) in [6.45, 7) is 1.65. The van der Waals surface area contributed by atoms with Crippen molar-refractivity contribution in [3.63, 3.8) is 0 Å². The quantitative estimate of drug-likeness (QED) is 0.539. The fraction of sp³-hybridized carbons (Fsp3) is 0.0952. The number of nitrogens with one attached hydrogen (secondary N) is 2. The van der Waals surface area contributed by atoms with E-state index < -0.39 is 11.8 Å². The van der Waals surface area contributed by atoms with E-state index in [9.17, 15) is 9.59 Å². The van der Waals surface area contributed by atoms with Crippen LogP contribution in [0.5, 0.6) is 0 Å². The van der Waals surface area contributed by atoms with Gasteiger partial charge in [0.2, 0.25) is 0 Å². The number of aryl methyl sites for hydroxylation is 2. The van der Waals surface area contributed by atoms with Gasteiger partial charge in [-0.25, -0.2) is 0 Å². The molecule has 7 heteroatoms. The molecule has 0 saturated heterocycles. The highest BCUT2D eigenvalue weighted by molar-refractivity contribution is 6.08. The van der Waals surface area contributed by atoms with Gasteiger partial charge in [-0.05, 0) is 13.0 Å². The molecule has 4 aromatic rings. The van der Waals surface area contributed by atoms with Crippen LogP contribution < -0.4 is 10.9 Å². The van der Waals surface area contributed by atoms with Crippen LogP contribution in [0.1, 0.15) is 26.5 Å². The minimum absolute atomic E-state index is 0.282. The Labute approximate surface area is 160 Å². The van der Waals surface area contributed by atoms with Crippen LogP contribution in [-0.4, -0.2) is 21.5 Å². The molecule has 0 unspecified atom stereocenters. The van der Waals surface area contributed by atoms with Crippen molar-refractivity contribution in [2.75, 3.05) is 0 Å². The molecule has 2 aromatic heterocycles. The summed E-state index contributed by atoms with van der Waals surface area (Å²) in [5, 5.41) is 4.79. The molecule has 2 heterocycles. The number of aromatic nitrogens is 2. The Morgan fingerprint density at radius 1 is 0.964 bits per heavy atom. The van der Waals surface area contributed by atoms with E-state index in [0.717, 1.165) is 16.5 Å². The fourth-order valence-electron chi connectivity index (χ4n) is 3.20. The van der Waals surface area contributed by atoms with Gasteiger partial charge in [0.25, 0.3) is 11.8 Å². The number of benzene rings is 2. The van der Waals surface area contributed by atoms with Crippen molar-refractivity contribution < 1.29 is 14.1 Å². The van der Waals surface area contributed by atoms with E-state index in [2.05, 4.69) is 16.0 Å². The second-order valence-corrected chi connectivity index (χ2v) is 6.41. The van der Waals surface area contributed by atoms with Crippen LogP contribution in [0.4, 0.5) is 0 Å². The predicted octanol–water partition coefficient (Wildman–Crippen LogP) is 3.22. The molecule has 2 N–H and O–H groups in total. The van der Waals surface area contributed by atoms with Gasteiger partial charge in [-0.15, -0.1) is 0 Å². The van der Waals surface area contributed by atoms with E-state index in [0.29, 0.717) is 17.0 Å². The Morgan fingerprint density at radius 2 is 1.64 bits per heavy atom. The van der Waals surface area contributed by atoms with Crippen LogP contribution in [0.3, 0.4) is 0 Å². The van der Waals surface area contributed by atoms with Crippen molar-refractivity contribution >= 4 is 22.7 Å². The molecule has 0 aliphatic heterocycles. The molecule has 0 spiro atoms. The Hall–Kier alpha value is -3.87. The molecule has 0 radical (unpaired) electrons. The van der Waals surface area contributed by atoms with Crippen LogP contribution >= 0.6 is 0 Å². The van der Waals surface area contributed by atoms with Crippen molar-refractivity contribution in [2.24, 2.45) is 7.05 Å². The fourth-order valence-corrected chi connectivity index (χ4v) is 3.20. The van der Waals surface area contributed by atoms with Crippen LogP contribution in [0, 0.1) is 6.92 Å². The van der Waals surface area contributed by atoms with Gasteiger partial charge in [0.05, 0.1) is 5.56 Å². The number of hydrogen-bond donors (Lipinski definition) is 2. The van der Waals surface area contributed by atoms with E-state index >= 15 is 0 Å². The zero-order valence-electron chi connectivity index (χ0n) is 15.4. The predicted molar refractivity (Wildman–Crippen MR) is 105 cm³/mol. The molecule has 4 rings (SSSR count). The first-order valence-corrected chi connectivity index (χ1v) is 8.72. The minimum atomic E-state index is -0.494. The topological polar surface area (TPSA) is 89.2 Å². The van der Waals surface area contributed by atoms with Gasteiger partial charge < -0.3 is 9.09 Å². The minimum Gasteiger partial charge on any atom is -0.360 e. The van der Waals surface area contributed by atoms with Crippen LogP contribution in [0.25, 0.3) is 22.2 Å². The van der Waals surface area contributed by atoms with Gasteiger partial charge in [-0.1, -0.05) is 53.7 Å². The number of carbonyl (C=O) groups excluding carboxylic acids is 2. The molecule has 140 valence electrons. The molecule has 0 saturated carbocycles. The van der Waals surface area contributed by atoms with Gasteiger partial charge in [-0.2, -0.15) is 0 Å². The normalized spacial score (nSPS) is 10.8. The number of hydrazine groups is 1. The van der Waals surface area contributed by atoms with Crippen molar-refractivity contribution in [3.8, 4) is 11.3 Å². The van der Waals surface area contributed by atoms with Crippen molar-refractivity contribution in [3.05, 3.63) is 77.7 Å². The largest absolute Gasteiger partial charge is 0.360 e. The summed E-state index contributed by atoms with van der Waals surface area (Å²) in [5.74, 6) is -0.525. The lowest BCUT2D eigenvalue weighted by Gasteiger charge is -2.07. The molecule has 0 bridgehead atoms. The Bertz CT molecular complexity index is 1180. The molecule has 0 atom stereocenters. The molecule has 0 fully saturated rings. The number of rotatable bonds is 3. The first-order chi connectivity index (χ1) is 13.6. The second kappa shape index (κ2) is 7.03. The summed E-state index contributed by atoms with van der Waals surface area (Å²) in [4.78, 5) is 25.3. The molecule has 2 amide bonds. The Balaban J connectivity index is 1.55. The van der Waals surface area contributed by atoms with Crippen LogP contribution in [-0.2, 0) is 7.05 Å². The van der Waals surface area contributed by atoms with Crippen LogP contribution in [0.2, 0.25) is 0 Å². The standard InChI is InChI=1S/C21H18N4O3/c1-13-18(19(24-28-13)14-8-4-3-5-9-14)21(27)23-22-20(26)16-12-25(2)17-11-7-6-10-15(16)17/h3-12H,1-2H3,(H,22,26)(H,23,27). The molecular formula is C21H18N4O3. The lowest BCUT2D eigenvalue weighted by molar-refractivity contribution is 0.0847. The second-order valence-electron chi connectivity index (χ2n) is 6.41. The number of nitrogens with zero attached hydrogens (tertiary/aromatic N) is 2. The molecule has 2 aromatic carbocycles. The van der Waals surface area contributed by atoms with E-state index in [-0.39, 0.29) is 5.56 Å². The number of carbonyl (C=O) groups is 2. The maximum absolute atomic E-state index is 12.7. The number of amides is 2. The van der Waals surface area contributed by atoms with E-state index in [4.69, 9.17) is 4.52 Å². The number of fused-ring (bicyclic) bond motifs is 1. The monoisotopic (exact) mass is 374 g/mol. The maximum Gasteiger partial charge on any atom is 0.275 e. The van der Waals surface area contributed by atoms with Crippen LogP contribution in [0.15, 0.2) is 65.3 Å². The van der Waals surface area contributed by atoms with Crippen molar-refractivity contribution in [1.82, 2.24) is 20.6 Å². The third kappa shape index (κ3) is 3.03. The van der Waals surface area contributed by atoms with Crippen molar-refractivity contribution in [1.29, 1.82) is 0 Å². The Kier molecular flexibility index (Phi) is 4.41. The summed E-state index contributed by atoms with van der Waals surface area (Å²) in [6.07, 6.45) is 1.73. The average molecular weight is 374 g/mol. The van der Waals surface area contributed by atoms with E-state index in [1.165, 1.54) is 0 Å².